The summed E-state index contributed by atoms with van der Waals surface area (Å²) in [4.78, 5) is 50.8. The zero-order valence-corrected chi connectivity index (χ0v) is 35.7. The number of aliphatic carboxylic acids is 2. The van der Waals surface area contributed by atoms with E-state index in [2.05, 4.69) is 49.8 Å². The van der Waals surface area contributed by atoms with Gasteiger partial charge in [0.15, 0.2) is 0 Å². The molecule has 10 nitrogen and oxygen atoms in total. The topological polar surface area (TPSA) is 159 Å². The number of ether oxygens (including phenoxy) is 3. The molecule has 0 aliphatic heterocycles. The summed E-state index contributed by atoms with van der Waals surface area (Å²) in [7, 11) is 0. The van der Waals surface area contributed by atoms with Crippen molar-refractivity contribution in [2.45, 2.75) is 153 Å². The van der Waals surface area contributed by atoms with E-state index in [4.69, 9.17) is 4.74 Å². The van der Waals surface area contributed by atoms with Gasteiger partial charge in [0.25, 0.3) is 0 Å². The summed E-state index contributed by atoms with van der Waals surface area (Å²) in [5.41, 5.74) is 0. The average Bonchev–Trinajstić information content (AvgIpc) is 3.07. The van der Waals surface area contributed by atoms with Crippen LogP contribution in [0.25, 0.3) is 0 Å². The summed E-state index contributed by atoms with van der Waals surface area (Å²) < 4.78 is 16.9. The quantitative estimate of drug-likeness (QED) is 0.0238. The van der Waals surface area contributed by atoms with E-state index in [9.17, 15) is 34.2 Å². The molecule has 50 heavy (non-hydrogen) atoms. The molecule has 12 heteroatoms. The van der Waals surface area contributed by atoms with Crippen LogP contribution in [0.1, 0.15) is 144 Å². The predicted molar refractivity (Wildman–Crippen MR) is 202 cm³/mol. The van der Waals surface area contributed by atoms with Gasteiger partial charge in [-0.25, -0.2) is 9.59 Å². The number of hydrogen-bond donors (Lipinski definition) is 1. The number of hydrogen-bond acceptors (Lipinski definition) is 11. The second-order valence-corrected chi connectivity index (χ2v) is 16.3. The molecular weight excluding hydrogens is 767 g/mol. The van der Waals surface area contributed by atoms with Crippen molar-refractivity contribution in [2.24, 2.45) is 5.92 Å². The molecule has 290 valence electrons. The van der Waals surface area contributed by atoms with E-state index >= 15 is 0 Å². The van der Waals surface area contributed by atoms with E-state index in [0.717, 1.165) is 30.9 Å². The Morgan fingerprint density at radius 2 is 0.980 bits per heavy atom. The SMILES string of the molecule is CC(C)CCCCCOC(=O)CS.CCCCCCC[CH2][Sn+2][CH2]CCCCCCC.CCOC(=O)/C=C\C(=O)[O-].CCOC(=O)/C=C\C(=O)[O-]. The maximum Gasteiger partial charge on any atom is 0.330 e. The molecule has 0 amide bonds. The van der Waals surface area contributed by atoms with Gasteiger partial charge in [-0.15, -0.1) is 0 Å². The fourth-order valence-corrected chi connectivity index (χ4v) is 7.56. The minimum absolute atomic E-state index is 0.0736. The number of unbranched alkanes of at least 4 members (excludes halogenated alkanes) is 12. The second-order valence-electron chi connectivity index (χ2n) is 11.7. The van der Waals surface area contributed by atoms with Crippen molar-refractivity contribution in [3.8, 4) is 0 Å². The van der Waals surface area contributed by atoms with Crippen molar-refractivity contribution < 1.29 is 48.4 Å². The molecule has 0 radical (unpaired) electrons. The summed E-state index contributed by atoms with van der Waals surface area (Å²) in [6.07, 6.45) is 25.3. The van der Waals surface area contributed by atoms with E-state index in [-0.39, 0.29) is 46.1 Å². The Hall–Kier alpha value is -2.02. The van der Waals surface area contributed by atoms with Crippen molar-refractivity contribution >= 4 is 63.6 Å². The number of carboxylic acids is 2. The smallest absolute Gasteiger partial charge is 0.330 e. The van der Waals surface area contributed by atoms with Crippen LogP contribution in [0.4, 0.5) is 0 Å². The van der Waals surface area contributed by atoms with Crippen LogP contribution < -0.4 is 10.2 Å². The van der Waals surface area contributed by atoms with Gasteiger partial charge in [0.2, 0.25) is 0 Å². The molecule has 0 rings (SSSR count). The Morgan fingerprint density at radius 1 is 0.580 bits per heavy atom. The monoisotopic (exact) mass is 836 g/mol. The van der Waals surface area contributed by atoms with Crippen molar-refractivity contribution in [3.05, 3.63) is 24.3 Å². The van der Waals surface area contributed by atoms with Crippen molar-refractivity contribution in [1.82, 2.24) is 0 Å². The fourth-order valence-electron chi connectivity index (χ4n) is 3.90. The third-order valence-electron chi connectivity index (χ3n) is 6.52. The fraction of sp³-hybridized carbons (Fsp3) is 0.763. The van der Waals surface area contributed by atoms with Crippen molar-refractivity contribution in [3.63, 3.8) is 0 Å². The molecule has 0 aliphatic rings. The number of carbonyl (C=O) groups is 5. The van der Waals surface area contributed by atoms with Crippen LogP contribution in [0, 0.1) is 5.92 Å². The molecule has 0 saturated heterocycles. The average molecular weight is 836 g/mol. The normalized spacial score (nSPS) is 10.2. The molecule has 0 aromatic carbocycles. The summed E-state index contributed by atoms with van der Waals surface area (Å²) in [5.74, 6) is -3.42. The van der Waals surface area contributed by atoms with Crippen LogP contribution in [0.3, 0.4) is 0 Å². The number of rotatable bonds is 27. The van der Waals surface area contributed by atoms with Gasteiger partial charge >= 0.3 is 139 Å². The molecule has 0 fully saturated rings. The first kappa shape index (κ1) is 54.7. The first-order chi connectivity index (χ1) is 23.9. The molecule has 0 atom stereocenters. The molecule has 0 aromatic rings. The van der Waals surface area contributed by atoms with Crippen LogP contribution in [-0.2, 0) is 38.2 Å². The molecule has 0 saturated carbocycles. The molecular formula is C38H68O10SSn. The zero-order valence-electron chi connectivity index (χ0n) is 32.0. The van der Waals surface area contributed by atoms with Crippen molar-refractivity contribution in [1.29, 1.82) is 0 Å². The van der Waals surface area contributed by atoms with Crippen LogP contribution in [0.15, 0.2) is 24.3 Å². The van der Waals surface area contributed by atoms with E-state index in [1.807, 2.05) is 0 Å². The minimum atomic E-state index is -1.41. The Bertz CT molecular complexity index is 811. The number of thiol groups is 1. The van der Waals surface area contributed by atoms with Gasteiger partial charge in [-0.3, -0.25) is 4.79 Å². The standard InChI is InChI=1S/C10H20O2S.2C8H17.2C6H8O4.Sn/c1-9(2)6-4-3-5-7-12-10(11)8-13;2*1-3-5-7-8-6-4-2;2*1-2-10-6(9)4-3-5(7)8;/h9,13H,3-8H2,1-2H3;2*1,3-8H2,2H3;2*3-4H,2H2,1H3,(H,7,8);/q;;;;;+2/p-2/b;;;2*4-3-;. The summed E-state index contributed by atoms with van der Waals surface area (Å²) in [6.45, 7) is 13.3. The Labute approximate surface area is 319 Å². The van der Waals surface area contributed by atoms with Gasteiger partial charge in [-0.1, -0.05) is 33.1 Å². The third-order valence-corrected chi connectivity index (χ3v) is 10.8. The van der Waals surface area contributed by atoms with Gasteiger partial charge in [-0.05, 0) is 38.3 Å². The zero-order chi connectivity index (χ0) is 38.7. The Balaban J connectivity index is -0.000000290. The van der Waals surface area contributed by atoms with Gasteiger partial charge in [-0.2, -0.15) is 12.6 Å². The molecule has 0 aliphatic carbocycles. The van der Waals surface area contributed by atoms with Gasteiger partial charge < -0.3 is 34.0 Å². The summed E-state index contributed by atoms with van der Waals surface area (Å²) >= 11 is 3.88. The number of carbonyl (C=O) groups excluding carboxylic acids is 5. The van der Waals surface area contributed by atoms with Crippen LogP contribution >= 0.6 is 12.6 Å². The molecule has 0 unspecified atom stereocenters. The largest absolute Gasteiger partial charge is 0.545 e. The molecule has 0 aromatic heterocycles. The molecule has 0 bridgehead atoms. The second kappa shape index (κ2) is 47.0. The summed E-state index contributed by atoms with van der Waals surface area (Å²) in [6, 6.07) is 0. The summed E-state index contributed by atoms with van der Waals surface area (Å²) in [5, 5.41) is 19.4. The first-order valence-corrected chi connectivity index (χ1v) is 23.2. The van der Waals surface area contributed by atoms with Gasteiger partial charge in [0, 0.05) is 12.2 Å². The van der Waals surface area contributed by atoms with Crippen LogP contribution in [0.2, 0.25) is 8.87 Å². The van der Waals surface area contributed by atoms with E-state index in [1.165, 1.54) is 77.0 Å². The number of esters is 3. The minimum Gasteiger partial charge on any atom is -0.545 e. The van der Waals surface area contributed by atoms with E-state index in [1.54, 1.807) is 35.6 Å². The number of carboxylic acid groups (broad SMARTS) is 2. The molecule has 0 heterocycles. The maximum absolute atomic E-state index is 10.7. The molecule has 0 spiro atoms. The predicted octanol–water partition coefficient (Wildman–Crippen LogP) is 6.64. The first-order valence-electron chi connectivity index (χ1n) is 18.5. The van der Waals surface area contributed by atoms with Crippen LogP contribution in [0.5, 0.6) is 0 Å². The Morgan fingerprint density at radius 3 is 1.34 bits per heavy atom. The van der Waals surface area contributed by atoms with Crippen molar-refractivity contribution in [2.75, 3.05) is 25.6 Å². The van der Waals surface area contributed by atoms with Gasteiger partial charge in [0.1, 0.15) is 0 Å². The van der Waals surface area contributed by atoms with E-state index < -0.39 is 23.9 Å². The Kier molecular flexibility index (Phi) is 51.4. The van der Waals surface area contributed by atoms with Gasteiger partial charge in [0.05, 0.1) is 37.5 Å². The third kappa shape index (κ3) is 61.2. The van der Waals surface area contributed by atoms with Crippen LogP contribution in [-0.4, -0.2) is 76.6 Å². The maximum atomic E-state index is 10.7. The van der Waals surface area contributed by atoms with E-state index in [0.29, 0.717) is 18.8 Å². The molecule has 0 N–H and O–H groups in total.